The Bertz CT molecular complexity index is 629. The topological polar surface area (TPSA) is 58.6 Å². The number of halogens is 3. The number of ether oxygens (including phenoxy) is 1. The number of amides is 2. The lowest BCUT2D eigenvalue weighted by Crippen LogP contribution is -2.48. The van der Waals surface area contributed by atoms with Crippen LogP contribution in [0.25, 0.3) is 0 Å². The van der Waals surface area contributed by atoms with Crippen LogP contribution < -0.4 is 5.32 Å². The summed E-state index contributed by atoms with van der Waals surface area (Å²) >= 11 is 0. The van der Waals surface area contributed by atoms with Crippen LogP contribution in [0.2, 0.25) is 0 Å². The molecule has 1 aliphatic rings. The minimum absolute atomic E-state index is 0.00213. The maximum atomic E-state index is 12.8. The number of nitrogens with one attached hydrogen (secondary N) is 1. The molecule has 0 bridgehead atoms. The molecule has 5 nitrogen and oxygen atoms in total. The van der Waals surface area contributed by atoms with Gasteiger partial charge in [-0.3, -0.25) is 9.59 Å². The molecule has 0 aromatic heterocycles. The van der Waals surface area contributed by atoms with E-state index in [1.165, 1.54) is 4.90 Å². The van der Waals surface area contributed by atoms with Crippen molar-refractivity contribution in [3.63, 3.8) is 0 Å². The molecule has 1 aromatic carbocycles. The van der Waals surface area contributed by atoms with E-state index in [4.69, 9.17) is 4.74 Å². The first-order chi connectivity index (χ1) is 13.3. The lowest BCUT2D eigenvalue weighted by molar-refractivity contribution is -0.191. The van der Waals surface area contributed by atoms with Gasteiger partial charge in [0, 0.05) is 25.6 Å². The number of hydrogen-bond donors (Lipinski definition) is 1. The van der Waals surface area contributed by atoms with Crippen LogP contribution in [0.15, 0.2) is 30.3 Å². The SMILES string of the molecule is CCCCC(=O)NC1CCN(C(=O)C(OCC(F)(F)F)c2ccccc2)CC1. The molecule has 1 atom stereocenters. The molecule has 0 spiro atoms. The van der Waals surface area contributed by atoms with Crippen LogP contribution in [0.4, 0.5) is 13.2 Å². The van der Waals surface area contributed by atoms with Crippen molar-refractivity contribution in [3.05, 3.63) is 35.9 Å². The van der Waals surface area contributed by atoms with Gasteiger partial charge in [-0.15, -0.1) is 0 Å². The summed E-state index contributed by atoms with van der Waals surface area (Å²) in [4.78, 5) is 26.2. The number of alkyl halides is 3. The molecule has 1 saturated heterocycles. The second kappa shape index (κ2) is 10.5. The molecule has 1 heterocycles. The monoisotopic (exact) mass is 400 g/mol. The van der Waals surface area contributed by atoms with Crippen molar-refractivity contribution in [1.82, 2.24) is 10.2 Å². The van der Waals surface area contributed by atoms with Crippen molar-refractivity contribution in [2.45, 2.75) is 57.3 Å². The Morgan fingerprint density at radius 3 is 2.43 bits per heavy atom. The first-order valence-corrected chi connectivity index (χ1v) is 9.61. The number of hydrogen-bond acceptors (Lipinski definition) is 3. The van der Waals surface area contributed by atoms with Crippen LogP contribution in [0.3, 0.4) is 0 Å². The van der Waals surface area contributed by atoms with Gasteiger partial charge in [-0.2, -0.15) is 13.2 Å². The van der Waals surface area contributed by atoms with Crippen molar-refractivity contribution in [3.8, 4) is 0 Å². The minimum Gasteiger partial charge on any atom is -0.354 e. The van der Waals surface area contributed by atoms with Gasteiger partial charge in [-0.25, -0.2) is 0 Å². The summed E-state index contributed by atoms with van der Waals surface area (Å²) in [6, 6.07) is 8.19. The molecule has 28 heavy (non-hydrogen) atoms. The van der Waals surface area contributed by atoms with Gasteiger partial charge in [-0.1, -0.05) is 43.7 Å². The Kier molecular flexibility index (Phi) is 8.29. The normalized spacial score (nSPS) is 16.6. The molecule has 1 aliphatic heterocycles. The van der Waals surface area contributed by atoms with E-state index in [9.17, 15) is 22.8 Å². The second-order valence-electron chi connectivity index (χ2n) is 6.99. The van der Waals surface area contributed by atoms with E-state index in [-0.39, 0.29) is 11.9 Å². The van der Waals surface area contributed by atoms with E-state index in [2.05, 4.69) is 5.32 Å². The predicted molar refractivity (Wildman–Crippen MR) is 98.5 cm³/mol. The highest BCUT2D eigenvalue weighted by atomic mass is 19.4. The third-order valence-corrected chi connectivity index (χ3v) is 4.67. The number of benzene rings is 1. The van der Waals surface area contributed by atoms with E-state index in [1.54, 1.807) is 30.3 Å². The van der Waals surface area contributed by atoms with Crippen LogP contribution in [0, 0.1) is 0 Å². The van der Waals surface area contributed by atoms with Crippen LogP contribution in [-0.4, -0.2) is 48.6 Å². The first kappa shape index (κ1) is 22.2. The smallest absolute Gasteiger partial charge is 0.354 e. The molecule has 0 aliphatic carbocycles. The molecule has 1 unspecified atom stereocenters. The lowest BCUT2D eigenvalue weighted by atomic mass is 10.0. The Balaban J connectivity index is 1.95. The second-order valence-corrected chi connectivity index (χ2v) is 6.99. The van der Waals surface area contributed by atoms with Crippen molar-refractivity contribution < 1.29 is 27.5 Å². The Morgan fingerprint density at radius 2 is 1.86 bits per heavy atom. The molecule has 0 radical (unpaired) electrons. The van der Waals surface area contributed by atoms with E-state index >= 15 is 0 Å². The quantitative estimate of drug-likeness (QED) is 0.725. The zero-order chi connectivity index (χ0) is 20.6. The Labute approximate surface area is 163 Å². The number of carbonyl (C=O) groups excluding carboxylic acids is 2. The van der Waals surface area contributed by atoms with Crippen molar-refractivity contribution >= 4 is 11.8 Å². The number of piperidine rings is 1. The fraction of sp³-hybridized carbons (Fsp3) is 0.600. The molecule has 1 fully saturated rings. The van der Waals surface area contributed by atoms with Gasteiger partial charge in [0.05, 0.1) is 0 Å². The van der Waals surface area contributed by atoms with Crippen LogP contribution in [0.5, 0.6) is 0 Å². The van der Waals surface area contributed by atoms with Crippen LogP contribution in [-0.2, 0) is 14.3 Å². The summed E-state index contributed by atoms with van der Waals surface area (Å²) in [5.41, 5.74) is 0.395. The number of carbonyl (C=O) groups is 2. The number of rotatable bonds is 8. The molecule has 2 amide bonds. The van der Waals surface area contributed by atoms with E-state index in [1.807, 2.05) is 6.92 Å². The molecule has 1 N–H and O–H groups in total. The highest BCUT2D eigenvalue weighted by molar-refractivity contribution is 5.82. The maximum Gasteiger partial charge on any atom is 0.411 e. The summed E-state index contributed by atoms with van der Waals surface area (Å²) in [6.07, 6.45) is -2.40. The third kappa shape index (κ3) is 7.14. The summed E-state index contributed by atoms with van der Waals surface area (Å²) in [5, 5.41) is 2.96. The maximum absolute atomic E-state index is 12.8. The van der Waals surface area contributed by atoms with Crippen molar-refractivity contribution in [2.24, 2.45) is 0 Å². The van der Waals surface area contributed by atoms with Gasteiger partial charge in [-0.05, 0) is 24.8 Å². The zero-order valence-electron chi connectivity index (χ0n) is 16.0. The molecule has 0 saturated carbocycles. The standard InChI is InChI=1S/C20H27F3N2O3/c1-2-3-9-17(26)24-16-10-12-25(13-11-16)19(27)18(28-14-20(21,22)23)15-7-5-4-6-8-15/h4-8,16,18H,2-3,9-14H2,1H3,(H,24,26). The molecule has 156 valence electrons. The predicted octanol–water partition coefficient (Wildman–Crippen LogP) is 3.60. The minimum atomic E-state index is -4.51. The van der Waals surface area contributed by atoms with Crippen LogP contribution >= 0.6 is 0 Å². The van der Waals surface area contributed by atoms with Gasteiger partial charge >= 0.3 is 6.18 Å². The highest BCUT2D eigenvalue weighted by Gasteiger charge is 2.35. The Hall–Kier alpha value is -2.09. The van der Waals surface area contributed by atoms with Gasteiger partial charge in [0.1, 0.15) is 6.61 Å². The van der Waals surface area contributed by atoms with E-state index in [0.29, 0.717) is 37.9 Å². The van der Waals surface area contributed by atoms with Gasteiger partial charge in [0.2, 0.25) is 5.91 Å². The molecule has 1 aromatic rings. The first-order valence-electron chi connectivity index (χ1n) is 9.61. The molecular formula is C20H27F3N2O3. The van der Waals surface area contributed by atoms with E-state index < -0.39 is 24.8 Å². The highest BCUT2D eigenvalue weighted by Crippen LogP contribution is 2.26. The summed E-state index contributed by atoms with van der Waals surface area (Å²) in [5.74, 6) is -0.478. The van der Waals surface area contributed by atoms with Gasteiger partial charge in [0.25, 0.3) is 5.91 Å². The van der Waals surface area contributed by atoms with Crippen molar-refractivity contribution in [2.75, 3.05) is 19.7 Å². The average molecular weight is 400 g/mol. The summed E-state index contributed by atoms with van der Waals surface area (Å²) in [7, 11) is 0. The number of nitrogens with zero attached hydrogens (tertiary/aromatic N) is 1. The van der Waals surface area contributed by atoms with Gasteiger partial charge in [0.15, 0.2) is 6.10 Å². The summed E-state index contributed by atoms with van der Waals surface area (Å²) in [6.45, 7) is 1.27. The number of unbranched alkanes of at least 4 members (excludes halogenated alkanes) is 1. The largest absolute Gasteiger partial charge is 0.411 e. The van der Waals surface area contributed by atoms with Crippen LogP contribution in [0.1, 0.15) is 50.7 Å². The average Bonchev–Trinajstić information content (AvgIpc) is 2.67. The Morgan fingerprint density at radius 1 is 1.21 bits per heavy atom. The molecule has 2 rings (SSSR count). The summed E-state index contributed by atoms with van der Waals surface area (Å²) < 4.78 is 42.8. The van der Waals surface area contributed by atoms with Crippen molar-refractivity contribution in [1.29, 1.82) is 0 Å². The van der Waals surface area contributed by atoms with E-state index in [0.717, 1.165) is 12.8 Å². The lowest BCUT2D eigenvalue weighted by Gasteiger charge is -2.34. The third-order valence-electron chi connectivity index (χ3n) is 4.67. The number of likely N-dealkylation sites (tertiary alicyclic amines) is 1. The molecular weight excluding hydrogens is 373 g/mol. The fourth-order valence-electron chi connectivity index (χ4n) is 3.16. The fourth-order valence-corrected chi connectivity index (χ4v) is 3.16. The zero-order valence-corrected chi connectivity index (χ0v) is 16.0. The molecule has 8 heteroatoms. The van der Waals surface area contributed by atoms with Gasteiger partial charge < -0.3 is 15.0 Å².